The highest BCUT2D eigenvalue weighted by molar-refractivity contribution is 7.90. The fourth-order valence-corrected chi connectivity index (χ4v) is 6.42. The van der Waals surface area contributed by atoms with Crippen molar-refractivity contribution in [2.75, 3.05) is 12.0 Å². The predicted octanol–water partition coefficient (Wildman–Crippen LogP) is 4.52. The van der Waals surface area contributed by atoms with Gasteiger partial charge in [0, 0.05) is 16.0 Å². The van der Waals surface area contributed by atoms with Crippen molar-refractivity contribution in [3.05, 3.63) is 99.9 Å². The average molecular weight is 558 g/mol. The number of ether oxygens (including phenoxy) is 1. The van der Waals surface area contributed by atoms with E-state index in [0.717, 1.165) is 26.7 Å². The maximum Gasteiger partial charge on any atom is 0.266 e. The van der Waals surface area contributed by atoms with Crippen LogP contribution in [-0.4, -0.2) is 33.2 Å². The molecule has 5 rings (SSSR count). The minimum absolute atomic E-state index is 0.0448. The molecule has 3 aromatic carbocycles. The zero-order valence-electron chi connectivity index (χ0n) is 20.6. The number of nitriles is 1. The summed E-state index contributed by atoms with van der Waals surface area (Å²) >= 11 is 1.13. The van der Waals surface area contributed by atoms with Crippen molar-refractivity contribution in [2.24, 2.45) is 0 Å². The lowest BCUT2D eigenvalue weighted by molar-refractivity contribution is 0.0925. The number of carbonyl (C=O) groups excluding carboxylic acids is 3. The van der Waals surface area contributed by atoms with E-state index in [2.05, 4.69) is 6.07 Å². The van der Waals surface area contributed by atoms with Gasteiger partial charge in [-0.1, -0.05) is 30.3 Å². The van der Waals surface area contributed by atoms with E-state index in [1.165, 1.54) is 42.5 Å². The van der Waals surface area contributed by atoms with Crippen molar-refractivity contribution < 1.29 is 27.5 Å². The van der Waals surface area contributed by atoms with Crippen LogP contribution in [0.4, 0.5) is 5.00 Å². The van der Waals surface area contributed by atoms with E-state index in [9.17, 15) is 28.1 Å². The Bertz CT molecular complexity index is 1800. The number of fused-ring (bicyclic) bond motifs is 1. The maximum absolute atomic E-state index is 13.4. The summed E-state index contributed by atoms with van der Waals surface area (Å²) in [6.45, 7) is 1.79. The number of aryl methyl sites for hydroxylation is 1. The number of nitrogens with one attached hydrogen (secondary N) is 1. The van der Waals surface area contributed by atoms with Crippen molar-refractivity contribution in [1.82, 2.24) is 4.72 Å². The first-order valence-electron chi connectivity index (χ1n) is 11.5. The number of hydrogen-bond donors (Lipinski definition) is 1. The smallest absolute Gasteiger partial charge is 0.266 e. The molecule has 11 heteroatoms. The first-order chi connectivity index (χ1) is 18.7. The number of imide groups is 1. The van der Waals surface area contributed by atoms with Gasteiger partial charge in [-0.3, -0.25) is 14.4 Å². The van der Waals surface area contributed by atoms with Crippen LogP contribution in [-0.2, 0) is 10.0 Å². The number of anilines is 1. The van der Waals surface area contributed by atoms with Gasteiger partial charge < -0.3 is 4.74 Å². The number of benzene rings is 3. The fraction of sp³-hybridized carbons (Fsp3) is 0.0714. The van der Waals surface area contributed by atoms with E-state index in [0.29, 0.717) is 11.3 Å². The number of methoxy groups -OCH3 is 1. The van der Waals surface area contributed by atoms with Gasteiger partial charge in [-0.2, -0.15) is 5.26 Å². The monoisotopic (exact) mass is 557 g/mol. The molecule has 1 aliphatic heterocycles. The molecule has 0 fully saturated rings. The van der Waals surface area contributed by atoms with Crippen LogP contribution in [0, 0.1) is 18.3 Å². The van der Waals surface area contributed by atoms with Gasteiger partial charge in [0.2, 0.25) is 0 Å². The summed E-state index contributed by atoms with van der Waals surface area (Å²) in [6.07, 6.45) is 0. The molecule has 39 heavy (non-hydrogen) atoms. The van der Waals surface area contributed by atoms with E-state index in [4.69, 9.17) is 4.74 Å². The van der Waals surface area contributed by atoms with E-state index < -0.39 is 27.7 Å². The summed E-state index contributed by atoms with van der Waals surface area (Å²) in [6, 6.07) is 20.3. The highest BCUT2D eigenvalue weighted by Gasteiger charge is 2.40. The molecule has 0 bridgehead atoms. The summed E-state index contributed by atoms with van der Waals surface area (Å²) < 4.78 is 32.3. The number of sulfonamides is 1. The average Bonchev–Trinajstić information content (AvgIpc) is 3.40. The van der Waals surface area contributed by atoms with E-state index >= 15 is 0 Å². The Kier molecular flexibility index (Phi) is 6.51. The molecular formula is C28H19N3O6S2. The summed E-state index contributed by atoms with van der Waals surface area (Å²) in [5.41, 5.74) is 1.36. The van der Waals surface area contributed by atoms with Crippen molar-refractivity contribution in [1.29, 1.82) is 5.26 Å². The minimum atomic E-state index is -4.15. The molecule has 0 radical (unpaired) electrons. The lowest BCUT2D eigenvalue weighted by Gasteiger charge is -2.12. The Balaban J connectivity index is 1.48. The van der Waals surface area contributed by atoms with Crippen molar-refractivity contribution in [2.45, 2.75) is 11.8 Å². The van der Waals surface area contributed by atoms with Crippen LogP contribution < -0.4 is 14.4 Å². The van der Waals surface area contributed by atoms with Gasteiger partial charge in [-0.25, -0.2) is 18.0 Å². The van der Waals surface area contributed by atoms with Crippen molar-refractivity contribution in [3.8, 4) is 22.9 Å². The second kappa shape index (κ2) is 9.83. The highest BCUT2D eigenvalue weighted by Crippen LogP contribution is 2.44. The van der Waals surface area contributed by atoms with Gasteiger partial charge >= 0.3 is 0 Å². The van der Waals surface area contributed by atoms with Crippen molar-refractivity contribution in [3.63, 3.8) is 0 Å². The van der Waals surface area contributed by atoms with Crippen LogP contribution in [0.25, 0.3) is 11.1 Å². The molecule has 1 aliphatic rings. The van der Waals surface area contributed by atoms with E-state index in [1.807, 2.05) is 4.72 Å². The Morgan fingerprint density at radius 3 is 2.28 bits per heavy atom. The summed E-state index contributed by atoms with van der Waals surface area (Å²) in [4.78, 5) is 41.1. The molecule has 0 spiro atoms. The zero-order valence-corrected chi connectivity index (χ0v) is 22.2. The summed E-state index contributed by atoms with van der Waals surface area (Å²) in [5, 5.41) is 10.2. The summed E-state index contributed by atoms with van der Waals surface area (Å²) in [5.74, 6) is -1.67. The molecule has 9 nitrogen and oxygen atoms in total. The van der Waals surface area contributed by atoms with Crippen LogP contribution in [0.2, 0.25) is 0 Å². The molecule has 1 aromatic heterocycles. The van der Waals surface area contributed by atoms with Gasteiger partial charge in [-0.05, 0) is 55.0 Å². The van der Waals surface area contributed by atoms with Crippen LogP contribution in [0.3, 0.4) is 0 Å². The molecule has 0 unspecified atom stereocenters. The quantitative estimate of drug-likeness (QED) is 0.345. The third kappa shape index (κ3) is 4.46. The minimum Gasteiger partial charge on any atom is -0.497 e. The molecule has 0 atom stereocenters. The van der Waals surface area contributed by atoms with Gasteiger partial charge in [-0.15, -0.1) is 11.3 Å². The number of carbonyl (C=O) groups is 3. The molecular weight excluding hydrogens is 538 g/mol. The van der Waals surface area contributed by atoms with Crippen molar-refractivity contribution >= 4 is 44.1 Å². The molecule has 3 amide bonds. The van der Waals surface area contributed by atoms with Gasteiger partial charge in [0.25, 0.3) is 27.7 Å². The Morgan fingerprint density at radius 1 is 0.974 bits per heavy atom. The lowest BCUT2D eigenvalue weighted by atomic mass is 10.0. The molecule has 194 valence electrons. The lowest BCUT2D eigenvalue weighted by Crippen LogP contribution is -2.30. The SMILES string of the molecule is COc1ccc(-c2c(C)sc(N3C(=O)c4ccc(C(=O)NS(=O)(=O)c5ccccc5)cc4C3=O)c2C#N)cc1. The number of thiophene rings is 1. The molecule has 4 aromatic rings. The predicted molar refractivity (Wildman–Crippen MR) is 144 cm³/mol. The topological polar surface area (TPSA) is 134 Å². The van der Waals surface area contributed by atoms with Gasteiger partial charge in [0.15, 0.2) is 0 Å². The van der Waals surface area contributed by atoms with Crippen LogP contribution >= 0.6 is 11.3 Å². The Hall–Kier alpha value is -4.79. The number of rotatable bonds is 6. The Morgan fingerprint density at radius 2 is 1.64 bits per heavy atom. The fourth-order valence-electron chi connectivity index (χ4n) is 4.30. The van der Waals surface area contributed by atoms with Gasteiger partial charge in [0.1, 0.15) is 16.8 Å². The highest BCUT2D eigenvalue weighted by atomic mass is 32.2. The normalized spacial score (nSPS) is 12.7. The second-order valence-electron chi connectivity index (χ2n) is 8.51. The molecule has 2 heterocycles. The molecule has 0 aliphatic carbocycles. The Labute approximate surface area is 227 Å². The van der Waals surface area contributed by atoms with Crippen LogP contribution in [0.15, 0.2) is 77.7 Å². The number of hydrogen-bond acceptors (Lipinski definition) is 8. The van der Waals surface area contributed by atoms with Crippen LogP contribution in [0.1, 0.15) is 41.5 Å². The molecule has 1 N–H and O–H groups in total. The first kappa shape index (κ1) is 25.8. The number of amides is 3. The largest absolute Gasteiger partial charge is 0.497 e. The van der Waals surface area contributed by atoms with E-state index in [1.54, 1.807) is 44.4 Å². The zero-order chi connectivity index (χ0) is 27.9. The third-order valence-corrected chi connectivity index (χ3v) is 8.63. The molecule has 0 saturated carbocycles. The summed E-state index contributed by atoms with van der Waals surface area (Å²) in [7, 11) is -2.60. The van der Waals surface area contributed by atoms with E-state index in [-0.39, 0.29) is 32.2 Å². The van der Waals surface area contributed by atoms with Crippen LogP contribution in [0.5, 0.6) is 5.75 Å². The standard InChI is InChI=1S/C28H19N3O6S2/c1-16-24(17-8-11-19(37-2)12-9-17)23(15-29)28(38-16)31-26(33)21-13-10-18(14-22(21)27(31)34)25(32)30-39(35,36)20-6-4-3-5-7-20/h3-14H,1-2H3,(H,30,32). The second-order valence-corrected chi connectivity index (χ2v) is 11.4. The third-order valence-electron chi connectivity index (χ3n) is 6.19. The maximum atomic E-state index is 13.4. The molecule has 0 saturated heterocycles. The first-order valence-corrected chi connectivity index (χ1v) is 13.8. The number of nitrogens with zero attached hydrogens (tertiary/aromatic N) is 2. The van der Waals surface area contributed by atoms with Gasteiger partial charge in [0.05, 0.1) is 28.7 Å².